The zero-order valence-corrected chi connectivity index (χ0v) is 14.4. The molecule has 0 unspecified atom stereocenters. The number of nitrogens with zero attached hydrogens (tertiary/aromatic N) is 2. The summed E-state index contributed by atoms with van der Waals surface area (Å²) in [7, 11) is 1.66. The highest BCUT2D eigenvalue weighted by Gasteiger charge is 2.15. The number of nitrogens with one attached hydrogen (secondary N) is 1. The third-order valence-corrected chi connectivity index (χ3v) is 3.76. The van der Waals surface area contributed by atoms with Gasteiger partial charge >= 0.3 is 6.03 Å². The van der Waals surface area contributed by atoms with Gasteiger partial charge in [-0.05, 0) is 30.5 Å². The summed E-state index contributed by atoms with van der Waals surface area (Å²) in [6.45, 7) is 4.28. The van der Waals surface area contributed by atoms with E-state index in [2.05, 4.69) is 10.3 Å². The summed E-state index contributed by atoms with van der Waals surface area (Å²) < 4.78 is 5.02. The molecule has 0 saturated carbocycles. The van der Waals surface area contributed by atoms with Crippen molar-refractivity contribution < 1.29 is 9.53 Å². The number of benzene rings is 1. The minimum absolute atomic E-state index is 0.0833. The third kappa shape index (κ3) is 5.66. The van der Waals surface area contributed by atoms with Crippen LogP contribution in [0.1, 0.15) is 23.2 Å². The molecular weight excluding hydrogens is 302 g/mol. The van der Waals surface area contributed by atoms with E-state index in [9.17, 15) is 4.79 Å². The van der Waals surface area contributed by atoms with Gasteiger partial charge in [0.25, 0.3) is 0 Å². The Balaban J connectivity index is 2.06. The topological polar surface area (TPSA) is 54.5 Å². The second-order valence-corrected chi connectivity index (χ2v) is 5.69. The lowest BCUT2D eigenvalue weighted by molar-refractivity contribution is 0.181. The van der Waals surface area contributed by atoms with E-state index in [1.807, 2.05) is 49.4 Å². The molecule has 0 fully saturated rings. The Morgan fingerprint density at radius 3 is 2.67 bits per heavy atom. The number of amides is 2. The average molecular weight is 327 g/mol. The first-order chi connectivity index (χ1) is 11.7. The molecule has 5 nitrogen and oxygen atoms in total. The molecule has 24 heavy (non-hydrogen) atoms. The molecule has 0 aliphatic heterocycles. The molecule has 2 aromatic rings. The van der Waals surface area contributed by atoms with Crippen LogP contribution >= 0.6 is 0 Å². The summed E-state index contributed by atoms with van der Waals surface area (Å²) in [6, 6.07) is 13.8. The fraction of sp³-hybridized carbons (Fsp3) is 0.368. The van der Waals surface area contributed by atoms with Crippen LogP contribution in [-0.4, -0.2) is 36.2 Å². The first-order valence-corrected chi connectivity index (χ1v) is 8.17. The maximum Gasteiger partial charge on any atom is 0.318 e. The molecule has 0 aliphatic carbocycles. The maximum atomic E-state index is 12.6. The lowest BCUT2D eigenvalue weighted by Crippen LogP contribution is -2.40. The number of aromatic nitrogens is 1. The largest absolute Gasteiger partial charge is 0.385 e. The van der Waals surface area contributed by atoms with E-state index in [0.717, 1.165) is 23.2 Å². The number of urea groups is 1. The van der Waals surface area contributed by atoms with Crippen LogP contribution in [0.15, 0.2) is 48.7 Å². The molecule has 0 bridgehead atoms. The van der Waals surface area contributed by atoms with Gasteiger partial charge in [-0.2, -0.15) is 0 Å². The number of carbonyl (C=O) groups excluding carboxylic acids is 1. The van der Waals surface area contributed by atoms with Crippen LogP contribution < -0.4 is 5.32 Å². The molecule has 0 radical (unpaired) electrons. The highest BCUT2D eigenvalue weighted by Crippen LogP contribution is 2.11. The highest BCUT2D eigenvalue weighted by atomic mass is 16.5. The van der Waals surface area contributed by atoms with Gasteiger partial charge in [-0.1, -0.05) is 36.4 Å². The quantitative estimate of drug-likeness (QED) is 0.758. The zero-order chi connectivity index (χ0) is 17.2. The number of pyridine rings is 1. The fourth-order valence-corrected chi connectivity index (χ4v) is 2.39. The highest BCUT2D eigenvalue weighted by molar-refractivity contribution is 5.74. The van der Waals surface area contributed by atoms with Crippen molar-refractivity contribution in [3.8, 4) is 0 Å². The monoisotopic (exact) mass is 327 g/mol. The molecule has 1 N–H and O–H groups in total. The minimum Gasteiger partial charge on any atom is -0.385 e. The Bertz CT molecular complexity index is 632. The molecule has 1 aromatic heterocycles. The minimum atomic E-state index is -0.0833. The molecule has 5 heteroatoms. The van der Waals surface area contributed by atoms with E-state index in [0.29, 0.717) is 26.2 Å². The summed E-state index contributed by atoms with van der Waals surface area (Å²) in [5.41, 5.74) is 3.10. The molecule has 2 amide bonds. The van der Waals surface area contributed by atoms with Gasteiger partial charge in [0.1, 0.15) is 0 Å². The van der Waals surface area contributed by atoms with Gasteiger partial charge in [-0.15, -0.1) is 0 Å². The lowest BCUT2D eigenvalue weighted by Gasteiger charge is -2.23. The maximum absolute atomic E-state index is 12.6. The fourth-order valence-electron chi connectivity index (χ4n) is 2.39. The average Bonchev–Trinajstić information content (AvgIpc) is 2.61. The Kier molecular flexibility index (Phi) is 7.23. The number of aryl methyl sites for hydroxylation is 1. The predicted molar refractivity (Wildman–Crippen MR) is 94.6 cm³/mol. The van der Waals surface area contributed by atoms with E-state index in [1.54, 1.807) is 18.2 Å². The molecule has 0 atom stereocenters. The molecule has 128 valence electrons. The number of ether oxygens (including phenoxy) is 1. The van der Waals surface area contributed by atoms with Gasteiger partial charge in [0.05, 0.1) is 12.2 Å². The van der Waals surface area contributed by atoms with E-state index >= 15 is 0 Å². The number of rotatable bonds is 8. The Hall–Kier alpha value is -2.40. The van der Waals surface area contributed by atoms with Crippen LogP contribution in [0.4, 0.5) is 4.79 Å². The first kappa shape index (κ1) is 17.9. The van der Waals surface area contributed by atoms with Crippen LogP contribution in [0.2, 0.25) is 0 Å². The van der Waals surface area contributed by atoms with Crippen molar-refractivity contribution in [2.75, 3.05) is 20.3 Å². The van der Waals surface area contributed by atoms with Crippen molar-refractivity contribution in [2.24, 2.45) is 0 Å². The summed E-state index contributed by atoms with van der Waals surface area (Å²) >= 11 is 0. The second-order valence-electron chi connectivity index (χ2n) is 5.69. The normalized spacial score (nSPS) is 10.4. The van der Waals surface area contributed by atoms with Gasteiger partial charge in [0, 0.05) is 33.0 Å². The summed E-state index contributed by atoms with van der Waals surface area (Å²) in [5.74, 6) is 0. The molecule has 0 spiro atoms. The van der Waals surface area contributed by atoms with Crippen molar-refractivity contribution in [1.29, 1.82) is 0 Å². The molecule has 1 heterocycles. The van der Waals surface area contributed by atoms with E-state index in [4.69, 9.17) is 4.74 Å². The summed E-state index contributed by atoms with van der Waals surface area (Å²) in [4.78, 5) is 18.8. The van der Waals surface area contributed by atoms with Crippen molar-refractivity contribution in [3.63, 3.8) is 0 Å². The van der Waals surface area contributed by atoms with Gasteiger partial charge in [0.15, 0.2) is 0 Å². The van der Waals surface area contributed by atoms with Crippen molar-refractivity contribution >= 4 is 6.03 Å². The molecule has 2 rings (SSSR count). The number of hydrogen-bond donors (Lipinski definition) is 1. The van der Waals surface area contributed by atoms with Crippen LogP contribution in [0.5, 0.6) is 0 Å². The Morgan fingerprint density at radius 2 is 1.96 bits per heavy atom. The summed E-state index contributed by atoms with van der Waals surface area (Å²) in [6.07, 6.45) is 2.56. The predicted octanol–water partition coefficient (Wildman–Crippen LogP) is 3.14. The number of methoxy groups -OCH3 is 1. The molecule has 0 saturated heterocycles. The van der Waals surface area contributed by atoms with E-state index in [-0.39, 0.29) is 6.03 Å². The molecule has 1 aromatic carbocycles. The SMILES string of the molecule is COCCCNC(=O)N(Cc1ccccc1)Cc1ncccc1C. The van der Waals surface area contributed by atoms with Crippen molar-refractivity contribution in [1.82, 2.24) is 15.2 Å². The van der Waals surface area contributed by atoms with Gasteiger partial charge < -0.3 is 15.0 Å². The van der Waals surface area contributed by atoms with E-state index in [1.165, 1.54) is 0 Å². The standard InChI is InChI=1S/C19H25N3O2/c1-16-8-6-11-20-18(16)15-22(14-17-9-4-3-5-10-17)19(23)21-12-7-13-24-2/h3-6,8-11H,7,12-15H2,1-2H3,(H,21,23). The third-order valence-electron chi connectivity index (χ3n) is 3.76. The Labute approximate surface area is 143 Å². The van der Waals surface area contributed by atoms with Crippen molar-refractivity contribution in [3.05, 3.63) is 65.5 Å². The van der Waals surface area contributed by atoms with Crippen LogP contribution in [0.3, 0.4) is 0 Å². The smallest absolute Gasteiger partial charge is 0.318 e. The van der Waals surface area contributed by atoms with Crippen LogP contribution in [-0.2, 0) is 17.8 Å². The molecule has 0 aliphatic rings. The lowest BCUT2D eigenvalue weighted by atomic mass is 10.2. The summed E-state index contributed by atoms with van der Waals surface area (Å²) in [5, 5.41) is 2.96. The van der Waals surface area contributed by atoms with Crippen LogP contribution in [0.25, 0.3) is 0 Å². The van der Waals surface area contributed by atoms with Gasteiger partial charge in [-0.3, -0.25) is 4.98 Å². The second kappa shape index (κ2) is 9.67. The number of carbonyl (C=O) groups is 1. The van der Waals surface area contributed by atoms with E-state index < -0.39 is 0 Å². The van der Waals surface area contributed by atoms with Crippen molar-refractivity contribution in [2.45, 2.75) is 26.4 Å². The zero-order valence-electron chi connectivity index (χ0n) is 14.4. The Morgan fingerprint density at radius 1 is 1.17 bits per heavy atom. The van der Waals surface area contributed by atoms with Crippen LogP contribution in [0, 0.1) is 6.92 Å². The van der Waals surface area contributed by atoms with Gasteiger partial charge in [-0.25, -0.2) is 4.79 Å². The van der Waals surface area contributed by atoms with Gasteiger partial charge in [0.2, 0.25) is 0 Å². The first-order valence-electron chi connectivity index (χ1n) is 8.17. The molecular formula is C19H25N3O2. The number of hydrogen-bond acceptors (Lipinski definition) is 3.